The Balaban J connectivity index is 2.79. The molecule has 0 aliphatic rings. The molecule has 9 heteroatoms. The largest absolute Gasteiger partial charge is 0.397 e. The number of nitrogens with two attached hydrogens (primary N) is 1. The highest BCUT2D eigenvalue weighted by Crippen LogP contribution is 2.21. The van der Waals surface area contributed by atoms with Gasteiger partial charge in [-0.25, -0.2) is 21.6 Å². The first-order valence-corrected chi connectivity index (χ1v) is 9.11. The topological polar surface area (TPSA) is 106 Å². The van der Waals surface area contributed by atoms with Crippen LogP contribution < -0.4 is 10.5 Å². The van der Waals surface area contributed by atoms with Crippen LogP contribution in [0.2, 0.25) is 5.02 Å². The maximum absolute atomic E-state index is 11.9. The van der Waals surface area contributed by atoms with Crippen molar-refractivity contribution in [2.24, 2.45) is 0 Å². The lowest BCUT2D eigenvalue weighted by Crippen LogP contribution is -2.29. The summed E-state index contributed by atoms with van der Waals surface area (Å²) < 4.78 is 48.4. The Kier molecular flexibility index (Phi) is 5.19. The van der Waals surface area contributed by atoms with Gasteiger partial charge in [-0.2, -0.15) is 0 Å². The average molecular weight is 327 g/mol. The lowest BCUT2D eigenvalue weighted by molar-refractivity contribution is 0.581. The van der Waals surface area contributed by atoms with Crippen molar-refractivity contribution in [1.29, 1.82) is 0 Å². The maximum Gasteiger partial charge on any atom is 0.240 e. The second-order valence-corrected chi connectivity index (χ2v) is 8.46. The molecule has 0 unspecified atom stereocenters. The summed E-state index contributed by atoms with van der Waals surface area (Å²) >= 11 is 5.69. The smallest absolute Gasteiger partial charge is 0.240 e. The summed E-state index contributed by atoms with van der Waals surface area (Å²) in [4.78, 5) is -0.0525. The molecule has 1 aromatic carbocycles. The monoisotopic (exact) mass is 326 g/mol. The number of rotatable bonds is 6. The van der Waals surface area contributed by atoms with Crippen molar-refractivity contribution in [3.8, 4) is 0 Å². The molecule has 19 heavy (non-hydrogen) atoms. The van der Waals surface area contributed by atoms with Crippen molar-refractivity contribution in [3.63, 3.8) is 0 Å². The number of sulfonamides is 1. The number of halogens is 1. The molecule has 0 aliphatic carbocycles. The van der Waals surface area contributed by atoms with Crippen molar-refractivity contribution < 1.29 is 16.8 Å². The van der Waals surface area contributed by atoms with Gasteiger partial charge in [0.2, 0.25) is 10.0 Å². The van der Waals surface area contributed by atoms with Gasteiger partial charge in [-0.1, -0.05) is 18.5 Å². The number of benzene rings is 1. The van der Waals surface area contributed by atoms with Crippen LogP contribution in [-0.4, -0.2) is 34.9 Å². The number of nitrogens with one attached hydrogen (secondary N) is 1. The summed E-state index contributed by atoms with van der Waals surface area (Å²) in [5.41, 5.74) is 5.66. The molecule has 0 spiro atoms. The second kappa shape index (κ2) is 6.08. The molecule has 0 bridgehead atoms. The Bertz CT molecular complexity index is 656. The van der Waals surface area contributed by atoms with E-state index in [0.29, 0.717) is 0 Å². The minimum atomic E-state index is -3.78. The summed E-state index contributed by atoms with van der Waals surface area (Å²) in [5, 5.41) is 0.257. The van der Waals surface area contributed by atoms with Crippen molar-refractivity contribution in [2.45, 2.75) is 11.8 Å². The van der Waals surface area contributed by atoms with Crippen LogP contribution in [0.3, 0.4) is 0 Å². The molecule has 0 radical (unpaired) electrons. The molecule has 3 N–H and O–H groups in total. The molecule has 0 fully saturated rings. The fourth-order valence-corrected chi connectivity index (χ4v) is 3.26. The Morgan fingerprint density at radius 3 is 2.42 bits per heavy atom. The van der Waals surface area contributed by atoms with Crippen LogP contribution in [0.25, 0.3) is 0 Å². The molecule has 1 rings (SSSR count). The van der Waals surface area contributed by atoms with Crippen LogP contribution in [-0.2, 0) is 19.9 Å². The molecule has 108 valence electrons. The number of nitrogen functional groups attached to an aromatic ring is 1. The van der Waals surface area contributed by atoms with Gasteiger partial charge in [-0.3, -0.25) is 0 Å². The Morgan fingerprint density at radius 1 is 1.26 bits per heavy atom. The SMILES string of the molecule is CCS(=O)(=O)CCNS(=O)(=O)c1ccc(Cl)c(N)c1. The third kappa shape index (κ3) is 4.64. The summed E-state index contributed by atoms with van der Waals surface area (Å²) in [5.74, 6) is -0.269. The van der Waals surface area contributed by atoms with E-state index in [1.165, 1.54) is 25.1 Å². The minimum Gasteiger partial charge on any atom is -0.397 e. The lowest BCUT2D eigenvalue weighted by atomic mass is 10.3. The number of sulfone groups is 1. The van der Waals surface area contributed by atoms with Gasteiger partial charge >= 0.3 is 0 Å². The maximum atomic E-state index is 11.9. The highest BCUT2D eigenvalue weighted by molar-refractivity contribution is 7.91. The van der Waals surface area contributed by atoms with Gasteiger partial charge in [0.25, 0.3) is 0 Å². The Hall–Kier alpha value is -0.830. The molecule has 0 amide bonds. The van der Waals surface area contributed by atoms with E-state index in [9.17, 15) is 16.8 Å². The standard InChI is InChI=1S/C10H15ClN2O4S2/c1-2-18(14,15)6-5-13-19(16,17)8-3-4-9(11)10(12)7-8/h3-4,7,13H,2,5-6,12H2,1H3. The predicted molar refractivity (Wildman–Crippen MR) is 75.4 cm³/mol. The third-order valence-corrected chi connectivity index (χ3v) is 5.93. The van der Waals surface area contributed by atoms with Crippen molar-refractivity contribution in [1.82, 2.24) is 4.72 Å². The van der Waals surface area contributed by atoms with Gasteiger partial charge in [0.1, 0.15) is 0 Å². The number of hydrogen-bond acceptors (Lipinski definition) is 5. The van der Waals surface area contributed by atoms with Gasteiger partial charge in [-0.15, -0.1) is 0 Å². The summed E-state index contributed by atoms with van der Waals surface area (Å²) in [6.45, 7) is 1.32. The van der Waals surface area contributed by atoms with Gasteiger partial charge in [0, 0.05) is 12.3 Å². The van der Waals surface area contributed by atoms with Crippen LogP contribution >= 0.6 is 11.6 Å². The zero-order valence-corrected chi connectivity index (χ0v) is 12.6. The Labute approximate surface area is 117 Å². The van der Waals surface area contributed by atoms with E-state index in [-0.39, 0.29) is 33.7 Å². The van der Waals surface area contributed by atoms with Gasteiger partial charge < -0.3 is 5.73 Å². The van der Waals surface area contributed by atoms with Crippen molar-refractivity contribution in [2.75, 3.05) is 23.8 Å². The van der Waals surface area contributed by atoms with Crippen LogP contribution in [0.4, 0.5) is 5.69 Å². The molecular formula is C10H15ClN2O4S2. The molecule has 0 aromatic heterocycles. The Morgan fingerprint density at radius 2 is 1.89 bits per heavy atom. The fraction of sp³-hybridized carbons (Fsp3) is 0.400. The van der Waals surface area contributed by atoms with E-state index in [2.05, 4.69) is 4.72 Å². The van der Waals surface area contributed by atoms with E-state index in [1.807, 2.05) is 0 Å². The summed E-state index contributed by atoms with van der Waals surface area (Å²) in [6.07, 6.45) is 0. The van der Waals surface area contributed by atoms with Crippen LogP contribution in [0.1, 0.15) is 6.92 Å². The van der Waals surface area contributed by atoms with Crippen molar-refractivity contribution >= 4 is 37.1 Å². The first-order chi connectivity index (χ1) is 8.68. The van der Waals surface area contributed by atoms with Crippen LogP contribution in [0, 0.1) is 0 Å². The molecule has 1 aromatic rings. The normalized spacial score (nSPS) is 12.5. The highest BCUT2D eigenvalue weighted by Gasteiger charge is 2.16. The molecule has 0 saturated heterocycles. The molecule has 6 nitrogen and oxygen atoms in total. The third-order valence-electron chi connectivity index (χ3n) is 2.42. The first kappa shape index (κ1) is 16.2. The molecular weight excluding hydrogens is 312 g/mol. The zero-order valence-electron chi connectivity index (χ0n) is 10.3. The quantitative estimate of drug-likeness (QED) is 0.746. The second-order valence-electron chi connectivity index (χ2n) is 3.82. The van der Waals surface area contributed by atoms with Crippen LogP contribution in [0.5, 0.6) is 0 Å². The molecule has 0 heterocycles. The van der Waals surface area contributed by atoms with E-state index in [0.717, 1.165) is 0 Å². The molecule has 0 aliphatic heterocycles. The van der Waals surface area contributed by atoms with E-state index in [1.54, 1.807) is 0 Å². The number of anilines is 1. The van der Waals surface area contributed by atoms with Gasteiger partial charge in [-0.05, 0) is 18.2 Å². The molecule has 0 saturated carbocycles. The van der Waals surface area contributed by atoms with E-state index in [4.69, 9.17) is 17.3 Å². The minimum absolute atomic E-state index is 0.0252. The van der Waals surface area contributed by atoms with Gasteiger partial charge in [0.15, 0.2) is 9.84 Å². The fourth-order valence-electron chi connectivity index (χ4n) is 1.25. The van der Waals surface area contributed by atoms with Crippen LogP contribution in [0.15, 0.2) is 23.1 Å². The van der Waals surface area contributed by atoms with E-state index >= 15 is 0 Å². The van der Waals surface area contributed by atoms with Gasteiger partial charge in [0.05, 0.1) is 21.4 Å². The first-order valence-electron chi connectivity index (χ1n) is 5.43. The molecule has 0 atom stereocenters. The van der Waals surface area contributed by atoms with Crippen molar-refractivity contribution in [3.05, 3.63) is 23.2 Å². The average Bonchev–Trinajstić information content (AvgIpc) is 2.32. The number of hydrogen-bond donors (Lipinski definition) is 2. The lowest BCUT2D eigenvalue weighted by Gasteiger charge is -2.08. The summed E-state index contributed by atoms with van der Waals surface area (Å²) in [6, 6.07) is 3.89. The zero-order chi connectivity index (χ0) is 14.7. The van der Waals surface area contributed by atoms with E-state index < -0.39 is 19.9 Å². The summed E-state index contributed by atoms with van der Waals surface area (Å²) in [7, 11) is -7.00. The predicted octanol–water partition coefficient (Wildman–Crippen LogP) is 0.635. The highest BCUT2D eigenvalue weighted by atomic mass is 35.5.